The summed E-state index contributed by atoms with van der Waals surface area (Å²) >= 11 is 0. The molecule has 3 heterocycles. The molecule has 0 radical (unpaired) electrons. The van der Waals surface area contributed by atoms with Gasteiger partial charge in [-0.25, -0.2) is 4.98 Å². The van der Waals surface area contributed by atoms with Crippen LogP contribution in [-0.4, -0.2) is 61.3 Å². The van der Waals surface area contributed by atoms with Crippen molar-refractivity contribution in [2.75, 3.05) is 19.8 Å². The zero-order valence-corrected chi connectivity index (χ0v) is 15.3. The molecule has 148 valence electrons. The lowest BCUT2D eigenvalue weighted by atomic mass is 10.1. The lowest BCUT2D eigenvalue weighted by molar-refractivity contribution is -0.143. The minimum absolute atomic E-state index is 0.0239. The van der Waals surface area contributed by atoms with Crippen molar-refractivity contribution in [2.24, 2.45) is 7.05 Å². The molecule has 2 aromatic heterocycles. The average Bonchev–Trinajstić information content (AvgIpc) is 3.12. The van der Waals surface area contributed by atoms with Gasteiger partial charge < -0.3 is 9.64 Å². The number of hydrogen-bond donors (Lipinski definition) is 0. The summed E-state index contributed by atoms with van der Waals surface area (Å²) in [7, 11) is 1.73. The van der Waals surface area contributed by atoms with Gasteiger partial charge in [-0.05, 0) is 13.8 Å². The second kappa shape index (κ2) is 7.29. The van der Waals surface area contributed by atoms with Crippen LogP contribution >= 0.6 is 0 Å². The summed E-state index contributed by atoms with van der Waals surface area (Å²) in [5.74, 6) is 0.397. The number of carbonyl (C=O) groups excluding carboxylic acids is 1. The number of hydrogen-bond acceptors (Lipinski definition) is 5. The normalized spacial score (nSPS) is 18.1. The van der Waals surface area contributed by atoms with E-state index in [1.54, 1.807) is 30.5 Å². The van der Waals surface area contributed by atoms with Crippen LogP contribution in [0.3, 0.4) is 0 Å². The van der Waals surface area contributed by atoms with Crippen LogP contribution in [0, 0.1) is 13.8 Å². The molecular weight excluding hydrogens is 365 g/mol. The Labute approximate surface area is 153 Å². The van der Waals surface area contributed by atoms with E-state index in [9.17, 15) is 18.0 Å². The molecule has 3 rings (SSSR count). The molecule has 1 aliphatic rings. The Bertz CT molecular complexity index is 829. The number of aromatic nitrogens is 5. The topological polar surface area (TPSA) is 78.1 Å². The first-order chi connectivity index (χ1) is 12.7. The van der Waals surface area contributed by atoms with Crippen LogP contribution in [0.15, 0.2) is 6.33 Å². The number of rotatable bonds is 4. The van der Waals surface area contributed by atoms with E-state index < -0.39 is 12.7 Å². The summed E-state index contributed by atoms with van der Waals surface area (Å²) in [5.41, 5.74) is 1.29. The van der Waals surface area contributed by atoms with Gasteiger partial charge in [0, 0.05) is 24.8 Å². The molecule has 2 aromatic rings. The van der Waals surface area contributed by atoms with Crippen molar-refractivity contribution in [2.45, 2.75) is 39.0 Å². The number of aryl methyl sites for hydroxylation is 2. The maximum atomic E-state index is 12.9. The van der Waals surface area contributed by atoms with Crippen molar-refractivity contribution in [3.8, 4) is 0 Å². The third-order valence-corrected chi connectivity index (χ3v) is 4.68. The number of amides is 1. The molecule has 1 fully saturated rings. The molecule has 0 spiro atoms. The molecule has 0 N–H and O–H groups in total. The fourth-order valence-electron chi connectivity index (χ4n) is 3.29. The van der Waals surface area contributed by atoms with Crippen molar-refractivity contribution in [3.05, 3.63) is 29.1 Å². The number of alkyl halides is 3. The van der Waals surface area contributed by atoms with Crippen LogP contribution in [0.25, 0.3) is 0 Å². The highest BCUT2D eigenvalue weighted by atomic mass is 19.4. The maximum absolute atomic E-state index is 12.9. The maximum Gasteiger partial charge on any atom is 0.408 e. The first-order valence-electron chi connectivity index (χ1n) is 8.48. The zero-order valence-electron chi connectivity index (χ0n) is 15.3. The van der Waals surface area contributed by atoms with Gasteiger partial charge in [0.25, 0.3) is 0 Å². The van der Waals surface area contributed by atoms with Crippen LogP contribution in [0.2, 0.25) is 0 Å². The highest BCUT2D eigenvalue weighted by Gasteiger charge is 2.33. The van der Waals surface area contributed by atoms with E-state index in [1.807, 2.05) is 0 Å². The summed E-state index contributed by atoms with van der Waals surface area (Å²) in [4.78, 5) is 18.8. The first-order valence-corrected chi connectivity index (χ1v) is 8.48. The predicted octanol–water partition coefficient (Wildman–Crippen LogP) is 1.33. The fraction of sp³-hybridized carbons (Fsp3) is 0.625. The fourth-order valence-corrected chi connectivity index (χ4v) is 3.29. The van der Waals surface area contributed by atoms with E-state index in [2.05, 4.69) is 15.2 Å². The lowest BCUT2D eigenvalue weighted by Gasteiger charge is -2.35. The molecule has 1 saturated heterocycles. The van der Waals surface area contributed by atoms with E-state index >= 15 is 0 Å². The Morgan fingerprint density at radius 1 is 1.37 bits per heavy atom. The van der Waals surface area contributed by atoms with E-state index in [4.69, 9.17) is 4.74 Å². The molecule has 0 aliphatic carbocycles. The van der Waals surface area contributed by atoms with Crippen LogP contribution < -0.4 is 0 Å². The van der Waals surface area contributed by atoms with Crippen molar-refractivity contribution in [3.63, 3.8) is 0 Å². The second-order valence-corrected chi connectivity index (χ2v) is 6.52. The molecule has 11 heteroatoms. The van der Waals surface area contributed by atoms with Crippen LogP contribution in [0.1, 0.15) is 28.8 Å². The number of halogens is 3. The SMILES string of the molecule is Cc1nn(CC(F)(F)F)c(C)c1CC(=O)N1CCOCC1c1ncnn1C. The summed E-state index contributed by atoms with van der Waals surface area (Å²) in [6, 6.07) is -0.385. The summed E-state index contributed by atoms with van der Waals surface area (Å²) in [5, 5.41) is 7.98. The first kappa shape index (κ1) is 19.3. The molecule has 1 aliphatic heterocycles. The van der Waals surface area contributed by atoms with Gasteiger partial charge >= 0.3 is 6.18 Å². The molecule has 0 aromatic carbocycles. The largest absolute Gasteiger partial charge is 0.408 e. The predicted molar refractivity (Wildman–Crippen MR) is 87.7 cm³/mol. The monoisotopic (exact) mass is 386 g/mol. The van der Waals surface area contributed by atoms with Crippen molar-refractivity contribution < 1.29 is 22.7 Å². The van der Waals surface area contributed by atoms with Crippen LogP contribution in [-0.2, 0) is 29.5 Å². The molecule has 1 unspecified atom stereocenters. The summed E-state index contributed by atoms with van der Waals surface area (Å²) in [6.45, 7) is 3.06. The van der Waals surface area contributed by atoms with Gasteiger partial charge in [0.2, 0.25) is 5.91 Å². The molecular formula is C16H21F3N6O2. The standard InChI is InChI=1S/C16H21F3N6O2/c1-10-12(11(2)25(22-10)8-16(17,18)19)6-14(26)24-4-5-27-7-13(24)15-20-9-21-23(15)3/h9,13H,4-8H2,1-3H3. The Hall–Kier alpha value is -2.43. The van der Waals surface area contributed by atoms with Crippen LogP contribution in [0.5, 0.6) is 0 Å². The Balaban J connectivity index is 1.81. The summed E-state index contributed by atoms with van der Waals surface area (Å²) < 4.78 is 46.1. The third kappa shape index (κ3) is 4.12. The molecule has 1 amide bonds. The number of carbonyl (C=O) groups is 1. The van der Waals surface area contributed by atoms with E-state index in [1.165, 1.54) is 6.33 Å². The van der Waals surface area contributed by atoms with Gasteiger partial charge in [-0.3, -0.25) is 14.2 Å². The summed E-state index contributed by atoms with van der Waals surface area (Å²) in [6.07, 6.45) is -2.99. The Morgan fingerprint density at radius 2 is 2.11 bits per heavy atom. The highest BCUT2D eigenvalue weighted by molar-refractivity contribution is 5.79. The Morgan fingerprint density at radius 3 is 2.74 bits per heavy atom. The number of ether oxygens (including phenoxy) is 1. The van der Waals surface area contributed by atoms with Crippen molar-refractivity contribution in [1.82, 2.24) is 29.4 Å². The van der Waals surface area contributed by atoms with Gasteiger partial charge in [-0.2, -0.15) is 23.4 Å². The van der Waals surface area contributed by atoms with Gasteiger partial charge in [-0.15, -0.1) is 0 Å². The van der Waals surface area contributed by atoms with Gasteiger partial charge in [0.1, 0.15) is 18.9 Å². The molecule has 0 bridgehead atoms. The average molecular weight is 386 g/mol. The second-order valence-electron chi connectivity index (χ2n) is 6.52. The molecule has 8 nitrogen and oxygen atoms in total. The minimum Gasteiger partial charge on any atom is -0.377 e. The van der Waals surface area contributed by atoms with Gasteiger partial charge in [0.15, 0.2) is 5.82 Å². The molecule has 0 saturated carbocycles. The van der Waals surface area contributed by atoms with Gasteiger partial charge in [-0.1, -0.05) is 0 Å². The van der Waals surface area contributed by atoms with Crippen molar-refractivity contribution >= 4 is 5.91 Å². The zero-order chi connectivity index (χ0) is 19.8. The van der Waals surface area contributed by atoms with Crippen molar-refractivity contribution in [1.29, 1.82) is 0 Å². The number of nitrogens with zero attached hydrogens (tertiary/aromatic N) is 6. The van der Waals surface area contributed by atoms with Gasteiger partial charge in [0.05, 0.1) is 25.3 Å². The number of morpholine rings is 1. The highest BCUT2D eigenvalue weighted by Crippen LogP contribution is 2.25. The van der Waals surface area contributed by atoms with E-state index in [0.717, 1.165) is 4.68 Å². The molecule has 1 atom stereocenters. The smallest absolute Gasteiger partial charge is 0.377 e. The van der Waals surface area contributed by atoms with E-state index in [-0.39, 0.29) is 18.4 Å². The third-order valence-electron chi connectivity index (χ3n) is 4.68. The minimum atomic E-state index is -4.37. The lowest BCUT2D eigenvalue weighted by Crippen LogP contribution is -2.45. The van der Waals surface area contributed by atoms with E-state index in [0.29, 0.717) is 42.5 Å². The quantitative estimate of drug-likeness (QED) is 0.792. The Kier molecular flexibility index (Phi) is 5.22. The molecule has 27 heavy (non-hydrogen) atoms. The van der Waals surface area contributed by atoms with Crippen LogP contribution in [0.4, 0.5) is 13.2 Å².